The van der Waals surface area contributed by atoms with E-state index in [-0.39, 0.29) is 60.4 Å². The van der Waals surface area contributed by atoms with Crippen LogP contribution in [0.3, 0.4) is 0 Å². The number of thiocarbonyl (C=S) groups is 1. The fraction of sp³-hybridized carbons (Fsp3) is 0.562. The molecular formula is C32H41F5N2O3SSi. The highest BCUT2D eigenvalue weighted by Crippen LogP contribution is 2.57. The van der Waals surface area contributed by atoms with Gasteiger partial charge < -0.3 is 19.1 Å². The van der Waals surface area contributed by atoms with Gasteiger partial charge in [0.1, 0.15) is 18.1 Å². The standard InChI is InChI=1S/C32H41F5N2O3SSi/c1-30(2,19-40)11-7-22(43)15-21-16-24(33)28(25(34)17-21)42-26-8-12-38-29-27(26)23(31(9-6-10-31)32(35,36)37)18-39(29)20-41-13-14-44(3,4)5/h8,12,16-18,40H,6-7,9-11,13-15,19-20H2,1-5H3. The minimum atomic E-state index is -4.54. The fourth-order valence-corrected chi connectivity index (χ4v) is 6.33. The van der Waals surface area contributed by atoms with E-state index in [1.54, 1.807) is 0 Å². The largest absolute Gasteiger partial charge is 0.450 e. The van der Waals surface area contributed by atoms with Gasteiger partial charge in [-0.1, -0.05) is 52.1 Å². The van der Waals surface area contributed by atoms with E-state index in [1.165, 1.54) is 23.0 Å². The number of hydrogen-bond donors (Lipinski definition) is 1. The maximum atomic E-state index is 15.3. The van der Waals surface area contributed by atoms with Crippen LogP contribution in [0.5, 0.6) is 11.5 Å². The second kappa shape index (κ2) is 13.1. The van der Waals surface area contributed by atoms with Gasteiger partial charge in [-0.3, -0.25) is 0 Å². The molecule has 1 N–H and O–H groups in total. The molecule has 0 atom stereocenters. The van der Waals surface area contributed by atoms with Gasteiger partial charge in [0.25, 0.3) is 0 Å². The molecule has 0 amide bonds. The second-order valence-corrected chi connectivity index (χ2v) is 20.0. The molecule has 0 aliphatic heterocycles. The van der Waals surface area contributed by atoms with E-state index in [0.29, 0.717) is 36.3 Å². The minimum Gasteiger partial charge on any atom is -0.450 e. The summed E-state index contributed by atoms with van der Waals surface area (Å²) >= 11 is 5.42. The van der Waals surface area contributed by atoms with Gasteiger partial charge in [-0.2, -0.15) is 13.2 Å². The van der Waals surface area contributed by atoms with Gasteiger partial charge in [-0.25, -0.2) is 13.8 Å². The van der Waals surface area contributed by atoms with Crippen molar-refractivity contribution in [2.45, 2.75) is 96.4 Å². The molecule has 5 nitrogen and oxygen atoms in total. The van der Waals surface area contributed by atoms with E-state index >= 15 is 8.78 Å². The van der Waals surface area contributed by atoms with Crippen molar-refractivity contribution in [2.24, 2.45) is 5.41 Å². The van der Waals surface area contributed by atoms with Gasteiger partial charge in [0.15, 0.2) is 17.4 Å². The first-order chi connectivity index (χ1) is 20.5. The van der Waals surface area contributed by atoms with Crippen molar-refractivity contribution in [3.8, 4) is 11.5 Å². The second-order valence-electron chi connectivity index (χ2n) is 13.8. The molecule has 12 heteroatoms. The minimum absolute atomic E-state index is 0.00596. The van der Waals surface area contributed by atoms with E-state index in [0.717, 1.165) is 18.2 Å². The Hall–Kier alpha value is -2.41. The molecule has 1 fully saturated rings. The lowest BCUT2D eigenvalue weighted by Gasteiger charge is -2.43. The molecule has 0 saturated heterocycles. The lowest BCUT2D eigenvalue weighted by Crippen LogP contribution is -2.47. The average molecular weight is 657 g/mol. The van der Waals surface area contributed by atoms with Crippen molar-refractivity contribution in [2.75, 3.05) is 13.2 Å². The fourth-order valence-electron chi connectivity index (χ4n) is 5.30. The molecule has 1 aromatic carbocycles. The van der Waals surface area contributed by atoms with Crippen LogP contribution in [-0.2, 0) is 23.3 Å². The van der Waals surface area contributed by atoms with Crippen LogP contribution in [0.2, 0.25) is 25.7 Å². The Bertz CT molecular complexity index is 1470. The van der Waals surface area contributed by atoms with Crippen molar-refractivity contribution in [1.29, 1.82) is 0 Å². The first-order valence-electron chi connectivity index (χ1n) is 14.9. The number of alkyl halides is 3. The first-order valence-corrected chi connectivity index (χ1v) is 19.0. The number of nitrogens with zero attached hydrogens (tertiary/aromatic N) is 2. The highest BCUT2D eigenvalue weighted by atomic mass is 32.1. The summed E-state index contributed by atoms with van der Waals surface area (Å²) in [4.78, 5) is 4.93. The summed E-state index contributed by atoms with van der Waals surface area (Å²) in [7, 11) is -1.39. The van der Waals surface area contributed by atoms with Crippen LogP contribution >= 0.6 is 12.2 Å². The molecule has 0 unspecified atom stereocenters. The third-order valence-electron chi connectivity index (χ3n) is 8.39. The van der Waals surface area contributed by atoms with Crippen molar-refractivity contribution in [3.63, 3.8) is 0 Å². The summed E-state index contributed by atoms with van der Waals surface area (Å²) in [6.07, 6.45) is -0.320. The van der Waals surface area contributed by atoms with Gasteiger partial charge >= 0.3 is 6.18 Å². The number of fused-ring (bicyclic) bond motifs is 1. The Kier molecular flexibility index (Phi) is 10.3. The van der Waals surface area contributed by atoms with E-state index in [9.17, 15) is 18.3 Å². The quantitative estimate of drug-likeness (QED) is 0.0812. The van der Waals surface area contributed by atoms with E-state index in [1.807, 2.05) is 13.8 Å². The highest BCUT2D eigenvalue weighted by Gasteiger charge is 2.60. The van der Waals surface area contributed by atoms with Crippen LogP contribution < -0.4 is 4.74 Å². The molecular weight excluding hydrogens is 616 g/mol. The maximum absolute atomic E-state index is 15.3. The summed E-state index contributed by atoms with van der Waals surface area (Å²) in [6.45, 7) is 10.8. The summed E-state index contributed by atoms with van der Waals surface area (Å²) in [6, 6.07) is 4.47. The van der Waals surface area contributed by atoms with Crippen LogP contribution in [0.25, 0.3) is 11.0 Å². The lowest BCUT2D eigenvalue weighted by atomic mass is 9.64. The number of aliphatic hydroxyl groups is 1. The predicted octanol–water partition coefficient (Wildman–Crippen LogP) is 9.11. The van der Waals surface area contributed by atoms with Crippen LogP contribution in [0.15, 0.2) is 30.6 Å². The number of hydrogen-bond acceptors (Lipinski definition) is 5. The van der Waals surface area contributed by atoms with Gasteiger partial charge in [-0.05, 0) is 71.3 Å². The molecule has 3 aromatic rings. The van der Waals surface area contributed by atoms with Gasteiger partial charge in [0.05, 0.1) is 10.8 Å². The van der Waals surface area contributed by atoms with Crippen LogP contribution in [-0.4, -0.2) is 47.0 Å². The third kappa shape index (κ3) is 7.68. The number of rotatable bonds is 14. The van der Waals surface area contributed by atoms with Gasteiger partial charge in [-0.15, -0.1) is 0 Å². The number of aliphatic hydroxyl groups excluding tert-OH is 1. The number of pyridine rings is 1. The van der Waals surface area contributed by atoms with E-state index in [4.69, 9.17) is 21.7 Å². The summed E-state index contributed by atoms with van der Waals surface area (Å²) in [5.74, 6) is -2.82. The zero-order chi connectivity index (χ0) is 32.5. The molecule has 0 spiro atoms. The molecule has 44 heavy (non-hydrogen) atoms. The van der Waals surface area contributed by atoms with E-state index in [2.05, 4.69) is 24.6 Å². The SMILES string of the molecule is CC(C)(CO)CCC(=S)Cc1cc(F)c(Oc2ccnc3c2c(C2(C(F)(F)F)CCC2)cn3COCC[Si](C)(C)C)c(F)c1. The Morgan fingerprint density at radius 2 is 1.80 bits per heavy atom. The zero-order valence-corrected chi connectivity index (χ0v) is 27.7. The smallest absolute Gasteiger partial charge is 0.398 e. The normalized spacial score (nSPS) is 15.4. The van der Waals surface area contributed by atoms with Gasteiger partial charge in [0.2, 0.25) is 0 Å². The summed E-state index contributed by atoms with van der Waals surface area (Å²) < 4.78 is 87.4. The zero-order valence-electron chi connectivity index (χ0n) is 25.9. The van der Waals surface area contributed by atoms with E-state index < -0.39 is 37.0 Å². The number of ether oxygens (including phenoxy) is 2. The molecule has 4 rings (SSSR count). The number of aromatic nitrogens is 2. The predicted molar refractivity (Wildman–Crippen MR) is 168 cm³/mol. The van der Waals surface area contributed by atoms with Crippen LogP contribution in [0.1, 0.15) is 57.1 Å². The van der Waals surface area contributed by atoms with Crippen molar-refractivity contribution >= 4 is 36.2 Å². The maximum Gasteiger partial charge on any atom is 0.398 e. The summed E-state index contributed by atoms with van der Waals surface area (Å²) in [5, 5.41) is 9.52. The lowest BCUT2D eigenvalue weighted by molar-refractivity contribution is -0.212. The molecule has 2 heterocycles. The molecule has 1 aliphatic rings. The molecule has 0 bridgehead atoms. The van der Waals surface area contributed by atoms with Crippen LogP contribution in [0.4, 0.5) is 22.0 Å². The summed E-state index contributed by atoms with van der Waals surface area (Å²) in [5.41, 5.74) is -1.97. The molecule has 242 valence electrons. The van der Waals surface area contributed by atoms with Gasteiger partial charge in [0, 0.05) is 40.1 Å². The Morgan fingerprint density at radius 3 is 2.34 bits per heavy atom. The van der Waals surface area contributed by atoms with Crippen LogP contribution in [0, 0.1) is 17.0 Å². The van der Waals surface area contributed by atoms with Crippen molar-refractivity contribution < 1.29 is 36.5 Å². The molecule has 1 saturated carbocycles. The third-order valence-corrected chi connectivity index (χ3v) is 10.4. The van der Waals surface area contributed by atoms with Crippen molar-refractivity contribution in [3.05, 3.63) is 53.4 Å². The Morgan fingerprint density at radius 1 is 1.14 bits per heavy atom. The monoisotopic (exact) mass is 656 g/mol. The Balaban J connectivity index is 1.67. The first kappa shape index (κ1) is 34.5. The molecule has 2 aromatic heterocycles. The Labute approximate surface area is 261 Å². The van der Waals surface area contributed by atoms with Crippen molar-refractivity contribution in [1.82, 2.24) is 9.55 Å². The number of benzene rings is 1. The molecule has 0 radical (unpaired) electrons. The average Bonchev–Trinajstić information content (AvgIpc) is 3.25. The topological polar surface area (TPSA) is 56.5 Å². The number of halogens is 5. The molecule has 1 aliphatic carbocycles. The highest BCUT2D eigenvalue weighted by molar-refractivity contribution is 7.80.